The molecule has 0 amide bonds. The number of nitrogens with one attached hydrogen (secondary N) is 1. The van der Waals surface area contributed by atoms with Crippen molar-refractivity contribution in [3.8, 4) is 11.5 Å². The van der Waals surface area contributed by atoms with Crippen molar-refractivity contribution in [3.63, 3.8) is 0 Å². The molecule has 0 fully saturated rings. The van der Waals surface area contributed by atoms with Gasteiger partial charge in [-0.1, -0.05) is 15.9 Å². The molecule has 2 aromatic rings. The summed E-state index contributed by atoms with van der Waals surface area (Å²) in [5.41, 5.74) is 0.693. The Balaban J connectivity index is 2.48. The number of aromatic amines is 1. The van der Waals surface area contributed by atoms with Crippen LogP contribution in [0.5, 0.6) is 0 Å². The number of hydrogen-bond acceptors (Lipinski definition) is 4. The highest BCUT2D eigenvalue weighted by Crippen LogP contribution is 2.15. The van der Waals surface area contributed by atoms with Gasteiger partial charge in [0.15, 0.2) is 0 Å². The van der Waals surface area contributed by atoms with Crippen molar-refractivity contribution in [2.24, 2.45) is 0 Å². The Morgan fingerprint density at radius 1 is 1.42 bits per heavy atom. The maximum atomic E-state index is 4.07. The number of aromatic nitrogens is 5. The molecule has 0 bridgehead atoms. The van der Waals surface area contributed by atoms with Crippen LogP contribution in [-0.4, -0.2) is 25.6 Å². The zero-order chi connectivity index (χ0) is 8.39. The van der Waals surface area contributed by atoms with E-state index in [9.17, 15) is 0 Å². The minimum absolute atomic E-state index is 0.497. The van der Waals surface area contributed by atoms with E-state index in [1.54, 1.807) is 6.20 Å². The summed E-state index contributed by atoms with van der Waals surface area (Å²) >= 11 is 3.32. The fraction of sp³-hybridized carbons (Fsp3) is 0. The normalized spacial score (nSPS) is 10.1. The van der Waals surface area contributed by atoms with Gasteiger partial charge in [0.05, 0.1) is 0 Å². The molecule has 2 rings (SSSR count). The van der Waals surface area contributed by atoms with Crippen LogP contribution in [-0.2, 0) is 0 Å². The minimum Gasteiger partial charge on any atom is -0.253 e. The number of H-pyrrole nitrogens is 1. The Kier molecular flexibility index (Phi) is 1.83. The van der Waals surface area contributed by atoms with Crippen molar-refractivity contribution in [3.05, 3.63) is 22.8 Å². The second-order valence-corrected chi connectivity index (χ2v) is 3.01. The molecule has 6 heteroatoms. The van der Waals surface area contributed by atoms with Gasteiger partial charge in [-0.25, -0.2) is 0 Å². The summed E-state index contributed by atoms with van der Waals surface area (Å²) in [6.45, 7) is 0. The first-order chi connectivity index (χ1) is 5.86. The van der Waals surface area contributed by atoms with Crippen LogP contribution in [0.15, 0.2) is 22.8 Å². The number of hydrogen-bond donors (Lipinski definition) is 1. The highest BCUT2D eigenvalue weighted by molar-refractivity contribution is 9.10. The van der Waals surface area contributed by atoms with Crippen molar-refractivity contribution >= 4 is 15.9 Å². The molecule has 0 saturated heterocycles. The smallest absolute Gasteiger partial charge is 0.222 e. The molecule has 0 unspecified atom stereocenters. The van der Waals surface area contributed by atoms with Gasteiger partial charge in [-0.2, -0.15) is 5.21 Å². The van der Waals surface area contributed by atoms with Crippen LogP contribution in [0.1, 0.15) is 0 Å². The summed E-state index contributed by atoms with van der Waals surface area (Å²) in [5.74, 6) is 0.497. The number of halogens is 1. The van der Waals surface area contributed by atoms with Gasteiger partial charge in [0.2, 0.25) is 5.82 Å². The Morgan fingerprint density at radius 3 is 3.00 bits per heavy atom. The van der Waals surface area contributed by atoms with E-state index in [0.29, 0.717) is 11.5 Å². The second kappa shape index (κ2) is 2.98. The van der Waals surface area contributed by atoms with Crippen LogP contribution >= 0.6 is 15.9 Å². The first kappa shape index (κ1) is 7.35. The van der Waals surface area contributed by atoms with E-state index in [4.69, 9.17) is 0 Å². The fourth-order valence-corrected chi connectivity index (χ4v) is 1.13. The van der Waals surface area contributed by atoms with Gasteiger partial charge in [-0.05, 0) is 17.3 Å². The standard InChI is InChI=1S/C6H4BrN5/c7-4-1-2-8-5(3-4)6-9-11-12-10-6/h1-3H,(H,9,10,11,12). The number of nitrogens with zero attached hydrogens (tertiary/aromatic N) is 4. The van der Waals surface area contributed by atoms with Gasteiger partial charge in [-0.3, -0.25) is 4.98 Å². The maximum Gasteiger partial charge on any atom is 0.222 e. The second-order valence-electron chi connectivity index (χ2n) is 2.09. The average molecular weight is 226 g/mol. The van der Waals surface area contributed by atoms with Crippen LogP contribution in [0.3, 0.4) is 0 Å². The van der Waals surface area contributed by atoms with Crippen LogP contribution in [0, 0.1) is 0 Å². The Morgan fingerprint density at radius 2 is 2.33 bits per heavy atom. The molecule has 12 heavy (non-hydrogen) atoms. The molecule has 2 aromatic heterocycles. The van der Waals surface area contributed by atoms with Gasteiger partial charge < -0.3 is 0 Å². The van der Waals surface area contributed by atoms with Gasteiger partial charge in [0, 0.05) is 10.7 Å². The molecule has 1 N–H and O–H groups in total. The van der Waals surface area contributed by atoms with Crippen molar-refractivity contribution in [1.82, 2.24) is 25.6 Å². The predicted octanol–water partition coefficient (Wildman–Crippen LogP) is 1.02. The SMILES string of the molecule is Brc1ccnc(-c2nn[nH]n2)c1. The first-order valence-electron chi connectivity index (χ1n) is 3.21. The van der Waals surface area contributed by atoms with Gasteiger partial charge >= 0.3 is 0 Å². The van der Waals surface area contributed by atoms with Crippen LogP contribution in [0.2, 0.25) is 0 Å². The summed E-state index contributed by atoms with van der Waals surface area (Å²) in [6.07, 6.45) is 1.68. The lowest BCUT2D eigenvalue weighted by molar-refractivity contribution is 0.881. The molecule has 0 aromatic carbocycles. The van der Waals surface area contributed by atoms with Crippen LogP contribution in [0.4, 0.5) is 0 Å². The Labute approximate surface area is 76.3 Å². The van der Waals surface area contributed by atoms with E-state index < -0.39 is 0 Å². The number of pyridine rings is 1. The third-order valence-electron chi connectivity index (χ3n) is 1.30. The molecule has 0 spiro atoms. The van der Waals surface area contributed by atoms with Crippen molar-refractivity contribution in [2.45, 2.75) is 0 Å². The van der Waals surface area contributed by atoms with Gasteiger partial charge in [0.25, 0.3) is 0 Å². The minimum atomic E-state index is 0.497. The summed E-state index contributed by atoms with van der Waals surface area (Å²) in [7, 11) is 0. The Bertz CT molecular complexity index is 371. The molecule has 0 saturated carbocycles. The van der Waals surface area contributed by atoms with Crippen molar-refractivity contribution in [2.75, 3.05) is 0 Å². The van der Waals surface area contributed by atoms with Crippen molar-refractivity contribution in [1.29, 1.82) is 0 Å². The van der Waals surface area contributed by atoms with E-state index in [2.05, 4.69) is 41.5 Å². The number of rotatable bonds is 1. The molecular weight excluding hydrogens is 222 g/mol. The molecule has 0 atom stereocenters. The maximum absolute atomic E-state index is 4.07. The van der Waals surface area contributed by atoms with E-state index >= 15 is 0 Å². The third-order valence-corrected chi connectivity index (χ3v) is 1.79. The molecule has 0 radical (unpaired) electrons. The van der Waals surface area contributed by atoms with Crippen molar-refractivity contribution < 1.29 is 0 Å². The topological polar surface area (TPSA) is 67.3 Å². The monoisotopic (exact) mass is 225 g/mol. The zero-order valence-electron chi connectivity index (χ0n) is 5.90. The lowest BCUT2D eigenvalue weighted by Crippen LogP contribution is -1.84. The van der Waals surface area contributed by atoms with E-state index in [-0.39, 0.29) is 0 Å². The molecule has 60 valence electrons. The largest absolute Gasteiger partial charge is 0.253 e. The summed E-state index contributed by atoms with van der Waals surface area (Å²) in [6, 6.07) is 3.66. The first-order valence-corrected chi connectivity index (χ1v) is 4.01. The molecule has 2 heterocycles. The zero-order valence-corrected chi connectivity index (χ0v) is 7.48. The fourth-order valence-electron chi connectivity index (χ4n) is 0.797. The lowest BCUT2D eigenvalue weighted by atomic mass is 10.3. The quantitative estimate of drug-likeness (QED) is 0.788. The molecular formula is C6H4BrN5. The predicted molar refractivity (Wildman–Crippen MR) is 45.1 cm³/mol. The van der Waals surface area contributed by atoms with Gasteiger partial charge in [-0.15, -0.1) is 10.2 Å². The van der Waals surface area contributed by atoms with Crippen LogP contribution in [0.25, 0.3) is 11.5 Å². The summed E-state index contributed by atoms with van der Waals surface area (Å²) in [5, 5.41) is 13.4. The van der Waals surface area contributed by atoms with Crippen LogP contribution < -0.4 is 0 Å². The van der Waals surface area contributed by atoms with Gasteiger partial charge in [0.1, 0.15) is 5.69 Å². The highest BCUT2D eigenvalue weighted by Gasteiger charge is 2.03. The number of tetrazole rings is 1. The van der Waals surface area contributed by atoms with E-state index in [0.717, 1.165) is 4.47 Å². The molecule has 0 aliphatic carbocycles. The van der Waals surface area contributed by atoms with E-state index in [1.165, 1.54) is 0 Å². The third kappa shape index (κ3) is 1.33. The average Bonchev–Trinajstić information content (AvgIpc) is 2.56. The summed E-state index contributed by atoms with van der Waals surface area (Å²) < 4.78 is 0.942. The highest BCUT2D eigenvalue weighted by atomic mass is 79.9. The van der Waals surface area contributed by atoms with E-state index in [1.807, 2.05) is 12.1 Å². The summed E-state index contributed by atoms with van der Waals surface area (Å²) in [4.78, 5) is 4.07. The lowest BCUT2D eigenvalue weighted by Gasteiger charge is -1.92. The molecule has 0 aliphatic rings. The molecule has 0 aliphatic heterocycles. The Hall–Kier alpha value is -1.30. The molecule has 5 nitrogen and oxygen atoms in total.